The third-order valence-corrected chi connectivity index (χ3v) is 5.15. The van der Waals surface area contributed by atoms with Gasteiger partial charge in [0.15, 0.2) is 0 Å². The van der Waals surface area contributed by atoms with Crippen LogP contribution in [0.3, 0.4) is 0 Å². The van der Waals surface area contributed by atoms with E-state index in [1.165, 1.54) is 18.1 Å². The summed E-state index contributed by atoms with van der Waals surface area (Å²) in [5.41, 5.74) is 2.05. The lowest BCUT2D eigenvalue weighted by atomic mass is 10.1. The standard InChI is InChI=1S/C24H27N3O6/c1-4-33-23(30)17-8-6-9-18(14-17)25-21(28)15-20-22(29)27(19-10-5-7-16(2)13-19)24(31)26(20)11-12-32-3/h5-10,13-14,20H,4,11-12,15H2,1-3H3,(H,25,28)/t20-/m0/s1. The Hall–Kier alpha value is -3.72. The summed E-state index contributed by atoms with van der Waals surface area (Å²) in [4.78, 5) is 53.4. The molecule has 0 saturated carbocycles. The molecule has 1 heterocycles. The summed E-state index contributed by atoms with van der Waals surface area (Å²) in [5.74, 6) is -1.43. The number of benzene rings is 2. The molecule has 1 saturated heterocycles. The summed E-state index contributed by atoms with van der Waals surface area (Å²) in [6.07, 6.45) is -0.236. The minimum absolute atomic E-state index is 0.166. The van der Waals surface area contributed by atoms with Gasteiger partial charge in [0.1, 0.15) is 6.04 Å². The largest absolute Gasteiger partial charge is 0.462 e. The van der Waals surface area contributed by atoms with Gasteiger partial charge in [-0.15, -0.1) is 0 Å². The number of urea groups is 1. The molecule has 2 aromatic rings. The van der Waals surface area contributed by atoms with Crippen molar-refractivity contribution in [2.45, 2.75) is 26.3 Å². The Morgan fingerprint density at radius 2 is 1.85 bits per heavy atom. The minimum atomic E-state index is -0.971. The van der Waals surface area contributed by atoms with Crippen molar-refractivity contribution < 1.29 is 28.7 Å². The van der Waals surface area contributed by atoms with Gasteiger partial charge in [-0.3, -0.25) is 9.59 Å². The molecule has 9 heteroatoms. The van der Waals surface area contributed by atoms with E-state index in [0.717, 1.165) is 10.5 Å². The zero-order valence-electron chi connectivity index (χ0n) is 18.9. The molecule has 0 aromatic heterocycles. The fourth-order valence-corrected chi connectivity index (χ4v) is 3.61. The van der Waals surface area contributed by atoms with Crippen molar-refractivity contribution in [2.24, 2.45) is 0 Å². The van der Waals surface area contributed by atoms with Crippen molar-refractivity contribution in [1.29, 1.82) is 0 Å². The molecule has 1 aliphatic rings. The number of anilines is 2. The maximum absolute atomic E-state index is 13.2. The number of rotatable bonds is 9. The maximum Gasteiger partial charge on any atom is 0.338 e. The van der Waals surface area contributed by atoms with Crippen LogP contribution in [-0.4, -0.2) is 61.6 Å². The molecule has 1 atom stereocenters. The van der Waals surface area contributed by atoms with Gasteiger partial charge in [0.05, 0.1) is 30.9 Å². The van der Waals surface area contributed by atoms with Crippen LogP contribution in [0.5, 0.6) is 0 Å². The number of esters is 1. The number of ether oxygens (including phenoxy) is 2. The van der Waals surface area contributed by atoms with Crippen molar-refractivity contribution in [3.63, 3.8) is 0 Å². The van der Waals surface area contributed by atoms with Crippen LogP contribution in [0.25, 0.3) is 0 Å². The Bertz CT molecular complexity index is 1050. The molecule has 1 aliphatic heterocycles. The molecule has 0 bridgehead atoms. The number of methoxy groups -OCH3 is 1. The normalized spacial score (nSPS) is 15.7. The lowest BCUT2D eigenvalue weighted by molar-refractivity contribution is -0.124. The SMILES string of the molecule is CCOC(=O)c1cccc(NC(=O)C[C@H]2C(=O)N(c3cccc(C)c3)C(=O)N2CCOC)c1. The van der Waals surface area contributed by atoms with E-state index >= 15 is 0 Å². The van der Waals surface area contributed by atoms with Gasteiger partial charge in [0.25, 0.3) is 5.91 Å². The predicted octanol–water partition coefficient (Wildman–Crippen LogP) is 2.98. The predicted molar refractivity (Wildman–Crippen MR) is 122 cm³/mol. The van der Waals surface area contributed by atoms with Crippen LogP contribution < -0.4 is 10.2 Å². The lowest BCUT2D eigenvalue weighted by Gasteiger charge is -2.21. The summed E-state index contributed by atoms with van der Waals surface area (Å²) in [6.45, 7) is 4.20. The molecule has 3 rings (SSSR count). The molecule has 1 fully saturated rings. The van der Waals surface area contributed by atoms with Crippen LogP contribution in [0, 0.1) is 6.92 Å². The van der Waals surface area contributed by atoms with Crippen molar-refractivity contribution in [3.8, 4) is 0 Å². The van der Waals surface area contributed by atoms with Crippen molar-refractivity contribution in [2.75, 3.05) is 37.1 Å². The molecule has 4 amide bonds. The van der Waals surface area contributed by atoms with Gasteiger partial charge in [-0.05, 0) is 49.7 Å². The average Bonchev–Trinajstić information content (AvgIpc) is 3.01. The van der Waals surface area contributed by atoms with E-state index in [9.17, 15) is 19.2 Å². The zero-order valence-corrected chi connectivity index (χ0v) is 18.9. The minimum Gasteiger partial charge on any atom is -0.462 e. The highest BCUT2D eigenvalue weighted by molar-refractivity contribution is 6.22. The summed E-state index contributed by atoms with van der Waals surface area (Å²) >= 11 is 0. The number of carbonyl (C=O) groups excluding carboxylic acids is 4. The first kappa shape index (κ1) is 23.9. The zero-order chi connectivity index (χ0) is 24.0. The Balaban J connectivity index is 1.78. The molecular formula is C24H27N3O6. The molecule has 174 valence electrons. The van der Waals surface area contributed by atoms with E-state index in [1.807, 2.05) is 13.0 Å². The van der Waals surface area contributed by atoms with E-state index in [-0.39, 0.29) is 26.2 Å². The Kier molecular flexibility index (Phi) is 7.78. The number of nitrogens with zero attached hydrogens (tertiary/aromatic N) is 2. The number of imide groups is 1. The molecule has 0 spiro atoms. The van der Waals surface area contributed by atoms with E-state index < -0.39 is 29.9 Å². The number of amides is 4. The first-order valence-electron chi connectivity index (χ1n) is 10.6. The number of nitrogens with one attached hydrogen (secondary N) is 1. The number of hydrogen-bond acceptors (Lipinski definition) is 6. The van der Waals surface area contributed by atoms with Crippen LogP contribution in [-0.2, 0) is 19.1 Å². The fraction of sp³-hybridized carbons (Fsp3) is 0.333. The van der Waals surface area contributed by atoms with E-state index in [2.05, 4.69) is 5.32 Å². The molecule has 33 heavy (non-hydrogen) atoms. The van der Waals surface area contributed by atoms with Gasteiger partial charge < -0.3 is 19.7 Å². The molecule has 2 aromatic carbocycles. The van der Waals surface area contributed by atoms with Gasteiger partial charge in [0, 0.05) is 19.3 Å². The van der Waals surface area contributed by atoms with Gasteiger partial charge in [-0.2, -0.15) is 0 Å². The Labute approximate surface area is 192 Å². The first-order valence-corrected chi connectivity index (χ1v) is 10.6. The second-order valence-electron chi connectivity index (χ2n) is 7.55. The summed E-state index contributed by atoms with van der Waals surface area (Å²) in [5, 5.41) is 2.70. The van der Waals surface area contributed by atoms with Crippen molar-refractivity contribution in [1.82, 2.24) is 4.90 Å². The molecule has 1 N–H and O–H groups in total. The topological polar surface area (TPSA) is 105 Å². The Morgan fingerprint density at radius 1 is 1.09 bits per heavy atom. The van der Waals surface area contributed by atoms with E-state index in [4.69, 9.17) is 9.47 Å². The van der Waals surface area contributed by atoms with Crippen LogP contribution in [0.1, 0.15) is 29.3 Å². The van der Waals surface area contributed by atoms with Crippen molar-refractivity contribution in [3.05, 3.63) is 59.7 Å². The summed E-state index contributed by atoms with van der Waals surface area (Å²) in [6, 6.07) is 11.9. The van der Waals surface area contributed by atoms with Gasteiger partial charge in [0.2, 0.25) is 5.91 Å². The lowest BCUT2D eigenvalue weighted by Crippen LogP contribution is -2.39. The number of hydrogen-bond donors (Lipinski definition) is 1. The summed E-state index contributed by atoms with van der Waals surface area (Å²) < 4.78 is 10.1. The van der Waals surface area contributed by atoms with E-state index in [0.29, 0.717) is 16.9 Å². The number of aryl methyl sites for hydroxylation is 1. The van der Waals surface area contributed by atoms with Gasteiger partial charge in [-0.25, -0.2) is 14.5 Å². The molecule has 0 unspecified atom stereocenters. The third-order valence-electron chi connectivity index (χ3n) is 5.15. The second kappa shape index (κ2) is 10.7. The summed E-state index contributed by atoms with van der Waals surface area (Å²) in [7, 11) is 1.50. The smallest absolute Gasteiger partial charge is 0.338 e. The first-order chi connectivity index (χ1) is 15.8. The molecule has 9 nitrogen and oxygen atoms in total. The third kappa shape index (κ3) is 5.56. The van der Waals surface area contributed by atoms with Crippen LogP contribution in [0.15, 0.2) is 48.5 Å². The molecular weight excluding hydrogens is 426 g/mol. The van der Waals surface area contributed by atoms with Gasteiger partial charge in [-0.1, -0.05) is 18.2 Å². The van der Waals surface area contributed by atoms with Crippen molar-refractivity contribution >= 4 is 35.2 Å². The van der Waals surface area contributed by atoms with Crippen LogP contribution >= 0.6 is 0 Å². The highest BCUT2D eigenvalue weighted by Crippen LogP contribution is 2.27. The second-order valence-corrected chi connectivity index (χ2v) is 7.55. The highest BCUT2D eigenvalue weighted by atomic mass is 16.5. The highest BCUT2D eigenvalue weighted by Gasteiger charge is 2.46. The molecule has 0 aliphatic carbocycles. The van der Waals surface area contributed by atoms with Crippen LogP contribution in [0.2, 0.25) is 0 Å². The van der Waals surface area contributed by atoms with Crippen LogP contribution in [0.4, 0.5) is 16.2 Å². The van der Waals surface area contributed by atoms with Gasteiger partial charge >= 0.3 is 12.0 Å². The number of carbonyl (C=O) groups is 4. The monoisotopic (exact) mass is 453 g/mol. The quantitative estimate of drug-likeness (QED) is 0.462. The Morgan fingerprint density at radius 3 is 2.55 bits per heavy atom. The van der Waals surface area contributed by atoms with E-state index in [1.54, 1.807) is 43.3 Å². The maximum atomic E-state index is 13.2. The average molecular weight is 453 g/mol. The molecule has 0 radical (unpaired) electrons. The fourth-order valence-electron chi connectivity index (χ4n) is 3.61.